The van der Waals surface area contributed by atoms with E-state index in [1.165, 1.54) is 12.4 Å². The third kappa shape index (κ3) is 4.56. The fourth-order valence-electron chi connectivity index (χ4n) is 3.36. The molecule has 28 heavy (non-hydrogen) atoms. The van der Waals surface area contributed by atoms with Crippen molar-refractivity contribution in [3.05, 3.63) is 41.3 Å². The lowest BCUT2D eigenvalue weighted by Gasteiger charge is -2.38. The molecular formula is C20H28FN5O2. The van der Waals surface area contributed by atoms with Gasteiger partial charge < -0.3 is 20.1 Å². The summed E-state index contributed by atoms with van der Waals surface area (Å²) in [4.78, 5) is 10.7. The summed E-state index contributed by atoms with van der Waals surface area (Å²) >= 11 is 0. The lowest BCUT2D eigenvalue weighted by molar-refractivity contribution is -0.0279. The van der Waals surface area contributed by atoms with E-state index in [9.17, 15) is 4.39 Å². The number of morpholine rings is 1. The van der Waals surface area contributed by atoms with E-state index in [1.807, 2.05) is 27.7 Å². The minimum Gasteiger partial charge on any atom is -0.488 e. The van der Waals surface area contributed by atoms with E-state index in [0.29, 0.717) is 24.4 Å². The first-order chi connectivity index (χ1) is 13.2. The summed E-state index contributed by atoms with van der Waals surface area (Å²) in [5, 5.41) is 8.60. The minimum absolute atomic E-state index is 0.00581. The monoisotopic (exact) mass is 389 g/mol. The van der Waals surface area contributed by atoms with Gasteiger partial charge in [0.1, 0.15) is 18.0 Å². The van der Waals surface area contributed by atoms with Crippen LogP contribution in [0.1, 0.15) is 39.8 Å². The zero-order chi connectivity index (χ0) is 20.5. The lowest BCUT2D eigenvalue weighted by Crippen LogP contribution is -2.48. The molecule has 3 rings (SSSR count). The molecule has 2 aliphatic rings. The second kappa shape index (κ2) is 7.97. The molecule has 8 heteroatoms. The van der Waals surface area contributed by atoms with Gasteiger partial charge in [-0.15, -0.1) is 0 Å². The molecular weight excluding hydrogens is 361 g/mol. The maximum atomic E-state index is 14.2. The number of halogens is 1. The Hall–Kier alpha value is -2.32. The molecule has 0 aromatic carbocycles. The van der Waals surface area contributed by atoms with Crippen LogP contribution < -0.4 is 10.6 Å². The maximum absolute atomic E-state index is 14.2. The van der Waals surface area contributed by atoms with Gasteiger partial charge in [0.25, 0.3) is 0 Å². The Kier molecular flexibility index (Phi) is 5.81. The third-order valence-electron chi connectivity index (χ3n) is 4.66. The largest absolute Gasteiger partial charge is 0.488 e. The highest BCUT2D eigenvalue weighted by atomic mass is 19.1. The van der Waals surface area contributed by atoms with E-state index in [4.69, 9.17) is 20.6 Å². The first-order valence-corrected chi connectivity index (χ1v) is 9.49. The number of ether oxygens (including phenoxy) is 2. The van der Waals surface area contributed by atoms with Crippen LogP contribution in [0.4, 0.5) is 10.2 Å². The van der Waals surface area contributed by atoms with E-state index in [0.717, 1.165) is 12.4 Å². The number of hydrogen-bond acceptors (Lipinski definition) is 7. The molecule has 0 saturated carbocycles. The number of anilines is 1. The van der Waals surface area contributed by atoms with Gasteiger partial charge in [-0.25, -0.2) is 14.4 Å². The smallest absolute Gasteiger partial charge is 0.151 e. The highest BCUT2D eigenvalue weighted by Gasteiger charge is 2.29. The lowest BCUT2D eigenvalue weighted by atomic mass is 9.92. The van der Waals surface area contributed by atoms with E-state index in [1.54, 1.807) is 6.07 Å². The van der Waals surface area contributed by atoms with Crippen molar-refractivity contribution in [2.45, 2.75) is 51.9 Å². The van der Waals surface area contributed by atoms with Crippen molar-refractivity contribution in [1.29, 1.82) is 5.41 Å². The SMILES string of the molecule is CC(C)OC1=C(F)CC(N)C(C(=N)c2cc(N3CCOC(C)(C)C3)ncn2)=C1. The number of rotatable bonds is 5. The van der Waals surface area contributed by atoms with Crippen LogP contribution in [-0.4, -0.2) is 53.1 Å². The minimum atomic E-state index is -0.618. The van der Waals surface area contributed by atoms with Gasteiger partial charge in [-0.05, 0) is 33.8 Å². The van der Waals surface area contributed by atoms with Gasteiger partial charge in [0, 0.05) is 37.2 Å². The first-order valence-electron chi connectivity index (χ1n) is 9.49. The Labute approximate surface area is 164 Å². The van der Waals surface area contributed by atoms with E-state index >= 15 is 0 Å². The zero-order valence-electron chi connectivity index (χ0n) is 16.8. The van der Waals surface area contributed by atoms with Crippen molar-refractivity contribution >= 4 is 11.5 Å². The Morgan fingerprint density at radius 2 is 2.18 bits per heavy atom. The molecule has 1 aromatic rings. The van der Waals surface area contributed by atoms with Gasteiger partial charge in [-0.2, -0.15) is 0 Å². The molecule has 0 bridgehead atoms. The number of hydrogen-bond donors (Lipinski definition) is 2. The molecule has 0 radical (unpaired) electrons. The van der Waals surface area contributed by atoms with Crippen LogP contribution in [-0.2, 0) is 9.47 Å². The number of nitrogens with one attached hydrogen (secondary N) is 1. The topological polar surface area (TPSA) is 97.4 Å². The summed E-state index contributed by atoms with van der Waals surface area (Å²) in [6.45, 7) is 9.75. The van der Waals surface area contributed by atoms with Gasteiger partial charge in [-0.1, -0.05) is 0 Å². The van der Waals surface area contributed by atoms with Crippen molar-refractivity contribution in [3.63, 3.8) is 0 Å². The Morgan fingerprint density at radius 1 is 1.43 bits per heavy atom. The molecule has 1 atom stereocenters. The van der Waals surface area contributed by atoms with E-state index in [2.05, 4.69) is 14.9 Å². The van der Waals surface area contributed by atoms with Gasteiger partial charge in [0.15, 0.2) is 5.76 Å². The zero-order valence-corrected chi connectivity index (χ0v) is 16.8. The first kappa shape index (κ1) is 20.4. The van der Waals surface area contributed by atoms with Gasteiger partial charge in [-0.3, -0.25) is 5.41 Å². The van der Waals surface area contributed by atoms with Crippen LogP contribution in [0.5, 0.6) is 0 Å². The van der Waals surface area contributed by atoms with Crippen LogP contribution in [0.15, 0.2) is 35.6 Å². The normalized spacial score (nSPS) is 22.3. The summed E-state index contributed by atoms with van der Waals surface area (Å²) in [5.74, 6) is 0.480. The van der Waals surface area contributed by atoms with E-state index in [-0.39, 0.29) is 29.6 Å². The molecule has 0 amide bonds. The van der Waals surface area contributed by atoms with Crippen LogP contribution in [0.3, 0.4) is 0 Å². The van der Waals surface area contributed by atoms with Gasteiger partial charge in [0.05, 0.1) is 29.7 Å². The Balaban J connectivity index is 1.86. The predicted molar refractivity (Wildman–Crippen MR) is 106 cm³/mol. The van der Waals surface area contributed by atoms with E-state index < -0.39 is 11.9 Å². The van der Waals surface area contributed by atoms with Gasteiger partial charge >= 0.3 is 0 Å². The van der Waals surface area contributed by atoms with Crippen molar-refractivity contribution in [1.82, 2.24) is 9.97 Å². The molecule has 2 heterocycles. The highest BCUT2D eigenvalue weighted by Crippen LogP contribution is 2.28. The summed E-state index contributed by atoms with van der Waals surface area (Å²) in [5.41, 5.74) is 6.94. The maximum Gasteiger partial charge on any atom is 0.151 e. The molecule has 1 aliphatic carbocycles. The number of nitrogens with zero attached hydrogens (tertiary/aromatic N) is 3. The quantitative estimate of drug-likeness (QED) is 0.752. The highest BCUT2D eigenvalue weighted by molar-refractivity contribution is 6.10. The van der Waals surface area contributed by atoms with Crippen molar-refractivity contribution < 1.29 is 13.9 Å². The fraction of sp³-hybridized carbons (Fsp3) is 0.550. The molecule has 1 saturated heterocycles. The Morgan fingerprint density at radius 3 is 2.86 bits per heavy atom. The van der Waals surface area contributed by atoms with Gasteiger partial charge in [0.2, 0.25) is 0 Å². The van der Waals surface area contributed by atoms with Crippen molar-refractivity contribution in [3.8, 4) is 0 Å². The second-order valence-corrected chi connectivity index (χ2v) is 8.01. The van der Waals surface area contributed by atoms with Crippen LogP contribution in [0.2, 0.25) is 0 Å². The molecule has 1 unspecified atom stereocenters. The predicted octanol–water partition coefficient (Wildman–Crippen LogP) is 2.72. The molecule has 1 aliphatic heterocycles. The average molecular weight is 389 g/mol. The standard InChI is InChI=1S/C20H28FN5O2/c1-12(2)28-17-7-13(15(22)8-14(17)21)19(23)16-9-18(25-11-24-16)26-5-6-27-20(3,4)10-26/h7,9,11-12,15,23H,5-6,8,10,22H2,1-4H3. The molecule has 1 aromatic heterocycles. The molecule has 152 valence electrons. The average Bonchev–Trinajstić information content (AvgIpc) is 2.62. The molecule has 3 N–H and O–H groups in total. The number of aromatic nitrogens is 2. The summed E-state index contributed by atoms with van der Waals surface area (Å²) < 4.78 is 25.5. The number of allylic oxidation sites excluding steroid dienone is 1. The molecule has 1 fully saturated rings. The summed E-state index contributed by atoms with van der Waals surface area (Å²) in [7, 11) is 0. The van der Waals surface area contributed by atoms with Crippen LogP contribution in [0.25, 0.3) is 0 Å². The van der Waals surface area contributed by atoms with Crippen LogP contribution >= 0.6 is 0 Å². The fourth-order valence-corrected chi connectivity index (χ4v) is 3.36. The van der Waals surface area contributed by atoms with Crippen molar-refractivity contribution in [2.75, 3.05) is 24.6 Å². The summed E-state index contributed by atoms with van der Waals surface area (Å²) in [6, 6.07) is 1.15. The molecule has 0 spiro atoms. The van der Waals surface area contributed by atoms with Crippen LogP contribution in [0, 0.1) is 5.41 Å². The summed E-state index contributed by atoms with van der Waals surface area (Å²) in [6.07, 6.45) is 2.80. The van der Waals surface area contributed by atoms with Crippen molar-refractivity contribution in [2.24, 2.45) is 5.73 Å². The second-order valence-electron chi connectivity index (χ2n) is 8.01. The molecule has 7 nitrogen and oxygen atoms in total. The third-order valence-corrected chi connectivity index (χ3v) is 4.66. The number of nitrogens with two attached hydrogens (primary N) is 1. The Bertz CT molecular complexity index is 819.